The summed E-state index contributed by atoms with van der Waals surface area (Å²) in [6, 6.07) is 0. The van der Waals surface area contributed by atoms with Crippen molar-refractivity contribution in [2.24, 2.45) is 0 Å². The van der Waals surface area contributed by atoms with Gasteiger partial charge in [0.1, 0.15) is 48.8 Å². The third kappa shape index (κ3) is 4.51. The van der Waals surface area contributed by atoms with Crippen molar-refractivity contribution in [3.8, 4) is 0 Å². The molecular formula is C15H28O11. The lowest BCUT2D eigenvalue weighted by molar-refractivity contribution is -0.367. The molecule has 0 aromatic rings. The number of hydrogen-bond donors (Lipinski definition) is 7. The lowest BCUT2D eigenvalue weighted by Crippen LogP contribution is -2.64. The molecule has 0 bridgehead atoms. The van der Waals surface area contributed by atoms with Crippen LogP contribution in [0.25, 0.3) is 0 Å². The van der Waals surface area contributed by atoms with Gasteiger partial charge in [0.15, 0.2) is 12.6 Å². The molecule has 2 fully saturated rings. The minimum absolute atomic E-state index is 0.236. The summed E-state index contributed by atoms with van der Waals surface area (Å²) in [5.74, 6) is 0. The summed E-state index contributed by atoms with van der Waals surface area (Å²) in [5.41, 5.74) is 0. The molecule has 0 aromatic heterocycles. The van der Waals surface area contributed by atoms with Gasteiger partial charge in [0, 0.05) is 6.61 Å². The normalized spacial score (nSPS) is 47.1. The van der Waals surface area contributed by atoms with Crippen LogP contribution in [0.4, 0.5) is 0 Å². The molecule has 0 radical (unpaired) electrons. The first kappa shape index (κ1) is 21.9. The van der Waals surface area contributed by atoms with Crippen LogP contribution >= 0.6 is 0 Å². The number of aliphatic hydroxyl groups is 7. The second-order valence-electron chi connectivity index (χ2n) is 6.38. The van der Waals surface area contributed by atoms with E-state index in [9.17, 15) is 35.7 Å². The first-order valence-electron chi connectivity index (χ1n) is 8.55. The molecule has 154 valence electrons. The summed E-state index contributed by atoms with van der Waals surface area (Å²) in [6.45, 7) is 0.877. The summed E-state index contributed by atoms with van der Waals surface area (Å²) in [7, 11) is 0. The molecule has 11 heteroatoms. The van der Waals surface area contributed by atoms with Gasteiger partial charge in [-0.25, -0.2) is 0 Å². The molecule has 2 rings (SSSR count). The first-order chi connectivity index (χ1) is 12.3. The number of hydrogen-bond acceptors (Lipinski definition) is 11. The van der Waals surface area contributed by atoms with E-state index in [0.29, 0.717) is 6.42 Å². The lowest BCUT2D eigenvalue weighted by Gasteiger charge is -2.45. The molecule has 0 saturated carbocycles. The first-order valence-corrected chi connectivity index (χ1v) is 8.55. The summed E-state index contributed by atoms with van der Waals surface area (Å²) in [5, 5.41) is 68.5. The number of aliphatic hydroxyl groups excluding tert-OH is 7. The highest BCUT2D eigenvalue weighted by atomic mass is 16.8. The lowest BCUT2D eigenvalue weighted by atomic mass is 9.97. The number of ether oxygens (including phenoxy) is 4. The van der Waals surface area contributed by atoms with Gasteiger partial charge in [0.2, 0.25) is 0 Å². The molecule has 2 heterocycles. The Morgan fingerprint density at radius 1 is 0.731 bits per heavy atom. The smallest absolute Gasteiger partial charge is 0.187 e. The van der Waals surface area contributed by atoms with Gasteiger partial charge in [-0.3, -0.25) is 0 Å². The fourth-order valence-electron chi connectivity index (χ4n) is 2.90. The monoisotopic (exact) mass is 384 g/mol. The molecule has 7 N–H and O–H groups in total. The minimum Gasteiger partial charge on any atom is -0.394 e. The van der Waals surface area contributed by atoms with Crippen LogP contribution in [0.5, 0.6) is 0 Å². The zero-order chi connectivity index (χ0) is 19.4. The summed E-state index contributed by atoms with van der Waals surface area (Å²) in [6.07, 6.45) is -13.6. The SMILES string of the molecule is CCCO[C@@H]1O[C@H](CO)[C@@H](O)[C@H](O)[C@@H]1O[C@@H]1O[C@H](CO)[C@@H](O)[C@H](O)[C@@H]1O. The van der Waals surface area contributed by atoms with Gasteiger partial charge < -0.3 is 54.7 Å². The maximum absolute atomic E-state index is 10.3. The standard InChI is InChI=1S/C15H28O11/c1-2-3-23-15-13(11(21)9(19)7(5-17)25-15)26-14-12(22)10(20)8(18)6(4-16)24-14/h6-22H,2-5H2,1H3/t6-,7-,8-,9-,10+,11+,12+,13+,14+,15-/m1/s1. The van der Waals surface area contributed by atoms with Crippen LogP contribution in [0.3, 0.4) is 0 Å². The average Bonchev–Trinajstić information content (AvgIpc) is 2.64. The van der Waals surface area contributed by atoms with Crippen molar-refractivity contribution in [2.75, 3.05) is 19.8 Å². The fraction of sp³-hybridized carbons (Fsp3) is 1.00. The van der Waals surface area contributed by atoms with Crippen LogP contribution in [0.2, 0.25) is 0 Å². The largest absolute Gasteiger partial charge is 0.394 e. The van der Waals surface area contributed by atoms with Gasteiger partial charge in [-0.1, -0.05) is 6.92 Å². The Balaban J connectivity index is 2.14. The van der Waals surface area contributed by atoms with Gasteiger partial charge in [-0.05, 0) is 6.42 Å². The maximum atomic E-state index is 10.3. The average molecular weight is 384 g/mol. The molecular weight excluding hydrogens is 356 g/mol. The Morgan fingerprint density at radius 2 is 1.27 bits per heavy atom. The van der Waals surface area contributed by atoms with Crippen LogP contribution < -0.4 is 0 Å². The van der Waals surface area contributed by atoms with E-state index < -0.39 is 74.6 Å². The summed E-state index contributed by atoms with van der Waals surface area (Å²) < 4.78 is 21.6. The van der Waals surface area contributed by atoms with Gasteiger partial charge in [0.05, 0.1) is 13.2 Å². The van der Waals surface area contributed by atoms with E-state index in [0.717, 1.165) is 0 Å². The molecule has 0 spiro atoms. The Labute approximate surface area is 150 Å². The molecule has 0 aromatic carbocycles. The Kier molecular flexibility index (Phi) is 8.12. The van der Waals surface area contributed by atoms with E-state index in [1.807, 2.05) is 6.92 Å². The van der Waals surface area contributed by atoms with Crippen LogP contribution in [0.1, 0.15) is 13.3 Å². The third-order valence-corrected chi connectivity index (χ3v) is 4.45. The molecule has 2 saturated heterocycles. The second kappa shape index (κ2) is 9.66. The van der Waals surface area contributed by atoms with Gasteiger partial charge in [-0.2, -0.15) is 0 Å². The second-order valence-corrected chi connectivity index (χ2v) is 6.38. The van der Waals surface area contributed by atoms with Gasteiger partial charge in [-0.15, -0.1) is 0 Å². The van der Waals surface area contributed by atoms with Crippen LogP contribution in [-0.4, -0.2) is 117 Å². The zero-order valence-corrected chi connectivity index (χ0v) is 14.4. The highest BCUT2D eigenvalue weighted by Crippen LogP contribution is 2.29. The van der Waals surface area contributed by atoms with E-state index in [4.69, 9.17) is 18.9 Å². The van der Waals surface area contributed by atoms with E-state index in [2.05, 4.69) is 0 Å². The predicted octanol–water partition coefficient (Wildman–Crippen LogP) is -3.96. The van der Waals surface area contributed by atoms with Crippen molar-refractivity contribution in [1.29, 1.82) is 0 Å². The zero-order valence-electron chi connectivity index (χ0n) is 14.4. The van der Waals surface area contributed by atoms with Gasteiger partial charge in [0.25, 0.3) is 0 Å². The summed E-state index contributed by atoms with van der Waals surface area (Å²) in [4.78, 5) is 0. The molecule has 0 amide bonds. The Bertz CT molecular complexity index is 422. The molecule has 2 aliphatic heterocycles. The van der Waals surface area contributed by atoms with Crippen molar-refractivity contribution >= 4 is 0 Å². The van der Waals surface area contributed by atoms with Crippen molar-refractivity contribution in [1.82, 2.24) is 0 Å². The van der Waals surface area contributed by atoms with E-state index >= 15 is 0 Å². The van der Waals surface area contributed by atoms with E-state index in [-0.39, 0.29) is 6.61 Å². The van der Waals surface area contributed by atoms with Crippen molar-refractivity contribution in [3.63, 3.8) is 0 Å². The van der Waals surface area contributed by atoms with Crippen LogP contribution in [0.15, 0.2) is 0 Å². The maximum Gasteiger partial charge on any atom is 0.187 e. The number of rotatable bonds is 7. The highest BCUT2D eigenvalue weighted by molar-refractivity contribution is 4.93. The quantitative estimate of drug-likeness (QED) is 0.228. The van der Waals surface area contributed by atoms with Crippen molar-refractivity contribution in [2.45, 2.75) is 74.8 Å². The molecule has 11 nitrogen and oxygen atoms in total. The summed E-state index contributed by atoms with van der Waals surface area (Å²) >= 11 is 0. The molecule has 0 aliphatic carbocycles. The van der Waals surface area contributed by atoms with Crippen molar-refractivity contribution < 1.29 is 54.7 Å². The molecule has 0 unspecified atom stereocenters. The van der Waals surface area contributed by atoms with Crippen LogP contribution in [0, 0.1) is 0 Å². The minimum atomic E-state index is -1.68. The molecule has 10 atom stereocenters. The Morgan fingerprint density at radius 3 is 1.81 bits per heavy atom. The molecule has 2 aliphatic rings. The van der Waals surface area contributed by atoms with Crippen LogP contribution in [-0.2, 0) is 18.9 Å². The molecule has 26 heavy (non-hydrogen) atoms. The van der Waals surface area contributed by atoms with E-state index in [1.54, 1.807) is 0 Å². The predicted molar refractivity (Wildman–Crippen MR) is 82.6 cm³/mol. The highest BCUT2D eigenvalue weighted by Gasteiger charge is 2.50. The topological polar surface area (TPSA) is 179 Å². The van der Waals surface area contributed by atoms with Crippen molar-refractivity contribution in [3.05, 3.63) is 0 Å². The Hall–Kier alpha value is -0.440. The van der Waals surface area contributed by atoms with E-state index in [1.165, 1.54) is 0 Å². The fourth-order valence-corrected chi connectivity index (χ4v) is 2.90. The third-order valence-electron chi connectivity index (χ3n) is 4.45. The van der Waals surface area contributed by atoms with Gasteiger partial charge >= 0.3 is 0 Å².